The highest BCUT2D eigenvalue weighted by Gasteiger charge is 2.23. The number of benzene rings is 2. The molecule has 3 N–H and O–H groups in total. The van der Waals surface area contributed by atoms with Crippen LogP contribution in [0.15, 0.2) is 54.7 Å². The molecule has 2 fully saturated rings. The summed E-state index contributed by atoms with van der Waals surface area (Å²) in [4.78, 5) is 30.6. The first kappa shape index (κ1) is 24.3. The topological polar surface area (TPSA) is 98.4 Å². The van der Waals surface area contributed by atoms with Crippen molar-refractivity contribution in [2.45, 2.75) is 12.5 Å². The van der Waals surface area contributed by atoms with Crippen molar-refractivity contribution >= 4 is 40.0 Å². The number of H-pyrrole nitrogens is 1. The first-order valence-electron chi connectivity index (χ1n) is 12.9. The molecular formula is C28H30FN7O2. The number of nitrogens with one attached hydrogen (secondary N) is 3. The van der Waals surface area contributed by atoms with Gasteiger partial charge in [-0.25, -0.2) is 4.39 Å². The summed E-state index contributed by atoms with van der Waals surface area (Å²) in [6.07, 6.45) is 2.48. The number of fused-ring (bicyclic) bond motifs is 1. The van der Waals surface area contributed by atoms with Crippen LogP contribution in [-0.2, 0) is 4.74 Å². The van der Waals surface area contributed by atoms with Crippen LogP contribution in [0.25, 0.3) is 11.0 Å². The van der Waals surface area contributed by atoms with Crippen molar-refractivity contribution in [2.24, 2.45) is 0 Å². The van der Waals surface area contributed by atoms with Crippen molar-refractivity contribution in [3.8, 4) is 0 Å². The first-order chi connectivity index (χ1) is 18.5. The van der Waals surface area contributed by atoms with Crippen LogP contribution in [0.5, 0.6) is 0 Å². The van der Waals surface area contributed by atoms with E-state index in [0.29, 0.717) is 47.1 Å². The average molecular weight is 516 g/mol. The molecule has 0 radical (unpaired) electrons. The number of halogens is 1. The quantitative estimate of drug-likeness (QED) is 0.318. The molecular weight excluding hydrogens is 485 g/mol. The number of carbonyl (C=O) groups excluding carboxylic acids is 1. The normalized spacial score (nSPS) is 18.2. The number of piperazine rings is 1. The van der Waals surface area contributed by atoms with E-state index in [2.05, 4.69) is 49.6 Å². The molecule has 2 saturated heterocycles. The molecule has 0 spiro atoms. The Bertz CT molecular complexity index is 1420. The van der Waals surface area contributed by atoms with Crippen LogP contribution in [0.1, 0.15) is 22.3 Å². The smallest absolute Gasteiger partial charge is 0.231 e. The molecule has 6 rings (SSSR count). The summed E-state index contributed by atoms with van der Waals surface area (Å²) in [5.74, 6) is 0.341. The SMILES string of the molecule is CN1CCN(c2ccc(Nc3nc(N[C@H]4CCOC4)c4c(C(=O)c5ccc(F)cc5)c[nH]c4n3)cc2)CC1. The Morgan fingerprint density at radius 1 is 1.05 bits per heavy atom. The van der Waals surface area contributed by atoms with Gasteiger partial charge in [0.1, 0.15) is 17.3 Å². The summed E-state index contributed by atoms with van der Waals surface area (Å²) in [7, 11) is 2.15. The van der Waals surface area contributed by atoms with Crippen molar-refractivity contribution in [2.75, 3.05) is 62.0 Å². The van der Waals surface area contributed by atoms with E-state index in [9.17, 15) is 9.18 Å². The predicted octanol–water partition coefficient (Wildman–Crippen LogP) is 4.02. The molecule has 10 heteroatoms. The van der Waals surface area contributed by atoms with Crippen LogP contribution in [0.3, 0.4) is 0 Å². The Hall–Kier alpha value is -4.02. The lowest BCUT2D eigenvalue weighted by Crippen LogP contribution is -2.44. The Morgan fingerprint density at radius 2 is 1.82 bits per heavy atom. The van der Waals surface area contributed by atoms with Gasteiger partial charge in [-0.15, -0.1) is 0 Å². The van der Waals surface area contributed by atoms with Gasteiger partial charge < -0.3 is 30.2 Å². The fourth-order valence-electron chi connectivity index (χ4n) is 4.92. The molecule has 0 bridgehead atoms. The van der Waals surface area contributed by atoms with E-state index in [0.717, 1.165) is 38.3 Å². The highest BCUT2D eigenvalue weighted by Crippen LogP contribution is 2.30. The van der Waals surface area contributed by atoms with Gasteiger partial charge in [-0.1, -0.05) is 0 Å². The molecule has 4 aromatic rings. The van der Waals surface area contributed by atoms with Gasteiger partial charge in [-0.05, 0) is 62.0 Å². The monoisotopic (exact) mass is 515 g/mol. The minimum atomic E-state index is -0.389. The highest BCUT2D eigenvalue weighted by molar-refractivity contribution is 6.18. The lowest BCUT2D eigenvalue weighted by Gasteiger charge is -2.34. The van der Waals surface area contributed by atoms with Crippen LogP contribution in [-0.4, -0.2) is 78.1 Å². The number of hydrogen-bond donors (Lipinski definition) is 3. The van der Waals surface area contributed by atoms with Crippen LogP contribution in [0.2, 0.25) is 0 Å². The maximum Gasteiger partial charge on any atom is 0.231 e. The van der Waals surface area contributed by atoms with Gasteiger partial charge in [0, 0.05) is 55.9 Å². The number of likely N-dealkylation sites (N-methyl/N-ethyl adjacent to an activating group) is 1. The molecule has 2 aliphatic rings. The summed E-state index contributed by atoms with van der Waals surface area (Å²) in [6.45, 7) is 5.36. The third-order valence-corrected chi connectivity index (χ3v) is 7.15. The third kappa shape index (κ3) is 5.05. The summed E-state index contributed by atoms with van der Waals surface area (Å²) in [5.41, 5.74) is 3.41. The summed E-state index contributed by atoms with van der Waals surface area (Å²) in [5, 5.41) is 7.36. The number of rotatable bonds is 7. The third-order valence-electron chi connectivity index (χ3n) is 7.15. The molecule has 38 heavy (non-hydrogen) atoms. The number of hydrogen-bond acceptors (Lipinski definition) is 8. The minimum absolute atomic E-state index is 0.0764. The zero-order chi connectivity index (χ0) is 26.1. The van der Waals surface area contributed by atoms with Gasteiger partial charge in [-0.3, -0.25) is 4.79 Å². The molecule has 9 nitrogen and oxygen atoms in total. The second-order valence-electron chi connectivity index (χ2n) is 9.82. The van der Waals surface area contributed by atoms with Gasteiger partial charge in [0.2, 0.25) is 5.95 Å². The van der Waals surface area contributed by atoms with E-state index in [1.165, 1.54) is 30.0 Å². The Morgan fingerprint density at radius 3 is 2.53 bits per heavy atom. The standard InChI is InChI=1S/C28H30FN7O2/c1-35-11-13-36(14-12-35)22-8-6-20(7-9-22)32-28-33-26-24(27(34-28)31-21-10-15-38-17-21)23(16-30-26)25(37)18-2-4-19(29)5-3-18/h2-9,16,21H,10-15,17H2,1H3,(H3,30,31,32,33,34)/t21-/m0/s1. The van der Waals surface area contributed by atoms with Crippen molar-refractivity contribution in [1.29, 1.82) is 0 Å². The Balaban J connectivity index is 1.29. The molecule has 2 aromatic heterocycles. The van der Waals surface area contributed by atoms with Gasteiger partial charge in [0.15, 0.2) is 5.78 Å². The van der Waals surface area contributed by atoms with Crippen molar-refractivity contribution in [3.05, 3.63) is 71.7 Å². The molecule has 196 valence electrons. The highest BCUT2D eigenvalue weighted by atomic mass is 19.1. The molecule has 0 saturated carbocycles. The van der Waals surface area contributed by atoms with E-state index >= 15 is 0 Å². The van der Waals surface area contributed by atoms with E-state index in [4.69, 9.17) is 9.72 Å². The first-order valence-corrected chi connectivity index (χ1v) is 12.9. The number of nitrogens with zero attached hydrogens (tertiary/aromatic N) is 4. The average Bonchev–Trinajstić information content (AvgIpc) is 3.60. The largest absolute Gasteiger partial charge is 0.379 e. The summed E-state index contributed by atoms with van der Waals surface area (Å²) in [6, 6.07) is 13.9. The van der Waals surface area contributed by atoms with E-state index < -0.39 is 0 Å². The molecule has 0 aliphatic carbocycles. The number of ether oxygens (including phenoxy) is 1. The fourth-order valence-corrected chi connectivity index (χ4v) is 4.92. The van der Waals surface area contributed by atoms with E-state index in [1.807, 2.05) is 12.1 Å². The lowest BCUT2D eigenvalue weighted by molar-refractivity contribution is 0.104. The summed E-state index contributed by atoms with van der Waals surface area (Å²) < 4.78 is 19.0. The van der Waals surface area contributed by atoms with Crippen molar-refractivity contribution in [3.63, 3.8) is 0 Å². The summed E-state index contributed by atoms with van der Waals surface area (Å²) >= 11 is 0. The Kier molecular flexibility index (Phi) is 6.65. The van der Waals surface area contributed by atoms with Crippen molar-refractivity contribution < 1.29 is 13.9 Å². The van der Waals surface area contributed by atoms with E-state index in [-0.39, 0.29) is 17.6 Å². The van der Waals surface area contributed by atoms with E-state index in [1.54, 1.807) is 6.20 Å². The minimum Gasteiger partial charge on any atom is -0.379 e. The Labute approximate surface area is 220 Å². The lowest BCUT2D eigenvalue weighted by atomic mass is 10.0. The van der Waals surface area contributed by atoms with Crippen LogP contribution in [0, 0.1) is 5.82 Å². The van der Waals surface area contributed by atoms with Gasteiger partial charge >= 0.3 is 0 Å². The molecule has 0 amide bonds. The number of ketones is 1. The second-order valence-corrected chi connectivity index (χ2v) is 9.82. The second kappa shape index (κ2) is 10.4. The molecule has 2 aromatic carbocycles. The van der Waals surface area contributed by atoms with Crippen LogP contribution in [0.4, 0.5) is 27.5 Å². The fraction of sp³-hybridized carbons (Fsp3) is 0.321. The van der Waals surface area contributed by atoms with Crippen molar-refractivity contribution in [1.82, 2.24) is 19.9 Å². The number of carbonyl (C=O) groups is 1. The molecule has 4 heterocycles. The molecule has 0 unspecified atom stereocenters. The predicted molar refractivity (Wildman–Crippen MR) is 146 cm³/mol. The number of anilines is 4. The zero-order valence-electron chi connectivity index (χ0n) is 21.2. The molecule has 2 aliphatic heterocycles. The van der Waals surface area contributed by atoms with Gasteiger partial charge in [0.05, 0.1) is 23.6 Å². The maximum atomic E-state index is 13.4. The van der Waals surface area contributed by atoms with Gasteiger partial charge in [0.25, 0.3) is 0 Å². The van der Waals surface area contributed by atoms with Gasteiger partial charge in [-0.2, -0.15) is 9.97 Å². The zero-order valence-corrected chi connectivity index (χ0v) is 21.2. The maximum absolute atomic E-state index is 13.4. The van der Waals surface area contributed by atoms with Crippen LogP contribution < -0.4 is 15.5 Å². The number of aromatic amines is 1. The molecule has 1 atom stereocenters. The van der Waals surface area contributed by atoms with Crippen LogP contribution >= 0.6 is 0 Å². The number of aromatic nitrogens is 3.